The number of ether oxygens (including phenoxy) is 1. The van der Waals surface area contributed by atoms with Gasteiger partial charge in [0, 0.05) is 19.0 Å². The van der Waals surface area contributed by atoms with Gasteiger partial charge in [-0.3, -0.25) is 9.89 Å². The largest absolute Gasteiger partial charge is 0.381 e. The normalized spacial score (nSPS) is 16.0. The standard InChI is InChI=1S/C19H21N3O2/c1-13-8-18(21-20-13)19(23)22(9-14-11-24-12-14)10-16-6-2-4-15-5-3-7-17(15)16/h2-4,6-8,14H,5,9-12H2,1H3,(H,20,21). The summed E-state index contributed by atoms with van der Waals surface area (Å²) in [6.45, 7) is 4.68. The predicted molar refractivity (Wildman–Crippen MR) is 91.6 cm³/mol. The van der Waals surface area contributed by atoms with Crippen LogP contribution < -0.4 is 0 Å². The molecule has 1 aromatic carbocycles. The smallest absolute Gasteiger partial charge is 0.272 e. The first-order chi connectivity index (χ1) is 11.7. The lowest BCUT2D eigenvalue weighted by Gasteiger charge is -2.32. The van der Waals surface area contributed by atoms with E-state index < -0.39 is 0 Å². The Morgan fingerprint density at radius 3 is 3.00 bits per heavy atom. The molecule has 4 rings (SSSR count). The monoisotopic (exact) mass is 323 g/mol. The van der Waals surface area contributed by atoms with Crippen molar-refractivity contribution in [2.24, 2.45) is 5.92 Å². The van der Waals surface area contributed by atoms with Crippen LogP contribution in [0.4, 0.5) is 0 Å². The SMILES string of the molecule is Cc1cc(C(=O)N(Cc2cccc3c2C=CC3)CC2COC2)[nH]n1. The van der Waals surface area contributed by atoms with Gasteiger partial charge in [-0.25, -0.2) is 0 Å². The van der Waals surface area contributed by atoms with E-state index >= 15 is 0 Å². The molecule has 0 saturated carbocycles. The van der Waals surface area contributed by atoms with Crippen LogP contribution in [0.2, 0.25) is 0 Å². The third-order valence-corrected chi connectivity index (χ3v) is 4.68. The highest BCUT2D eigenvalue weighted by Gasteiger charge is 2.27. The van der Waals surface area contributed by atoms with Crippen molar-refractivity contribution in [3.05, 3.63) is 58.4 Å². The van der Waals surface area contributed by atoms with Crippen molar-refractivity contribution in [3.63, 3.8) is 0 Å². The number of hydrogen-bond acceptors (Lipinski definition) is 3. The third-order valence-electron chi connectivity index (χ3n) is 4.68. The van der Waals surface area contributed by atoms with Crippen molar-refractivity contribution < 1.29 is 9.53 Å². The number of benzene rings is 1. The molecule has 0 radical (unpaired) electrons. The molecule has 2 aliphatic rings. The van der Waals surface area contributed by atoms with E-state index in [-0.39, 0.29) is 5.91 Å². The van der Waals surface area contributed by atoms with Crippen LogP contribution in [-0.2, 0) is 17.7 Å². The number of H-pyrrole nitrogens is 1. The van der Waals surface area contributed by atoms with E-state index in [1.54, 1.807) is 0 Å². The maximum atomic E-state index is 12.9. The lowest BCUT2D eigenvalue weighted by atomic mass is 10.0. The fraction of sp³-hybridized carbons (Fsp3) is 0.368. The van der Waals surface area contributed by atoms with E-state index in [0.717, 1.165) is 25.3 Å². The lowest BCUT2D eigenvalue weighted by molar-refractivity contribution is -0.0442. The van der Waals surface area contributed by atoms with Crippen molar-refractivity contribution in [3.8, 4) is 0 Å². The zero-order valence-electron chi connectivity index (χ0n) is 13.8. The molecule has 0 atom stereocenters. The number of amides is 1. The van der Waals surface area contributed by atoms with Gasteiger partial charge < -0.3 is 9.64 Å². The molecule has 1 aliphatic carbocycles. The number of nitrogens with zero attached hydrogens (tertiary/aromatic N) is 2. The summed E-state index contributed by atoms with van der Waals surface area (Å²) in [4.78, 5) is 14.9. The van der Waals surface area contributed by atoms with E-state index in [0.29, 0.717) is 24.7 Å². The number of aromatic nitrogens is 2. The van der Waals surface area contributed by atoms with Crippen molar-refractivity contribution >= 4 is 12.0 Å². The van der Waals surface area contributed by atoms with Crippen LogP contribution in [0, 0.1) is 12.8 Å². The number of fused-ring (bicyclic) bond motifs is 1. The number of carbonyl (C=O) groups excluding carboxylic acids is 1. The lowest BCUT2D eigenvalue weighted by Crippen LogP contribution is -2.42. The first-order valence-electron chi connectivity index (χ1n) is 8.37. The van der Waals surface area contributed by atoms with Gasteiger partial charge in [0.1, 0.15) is 5.69 Å². The molecule has 0 spiro atoms. The van der Waals surface area contributed by atoms with Gasteiger partial charge in [-0.1, -0.05) is 30.4 Å². The van der Waals surface area contributed by atoms with Crippen LogP contribution in [0.15, 0.2) is 30.3 Å². The zero-order valence-corrected chi connectivity index (χ0v) is 13.8. The van der Waals surface area contributed by atoms with Gasteiger partial charge in [-0.2, -0.15) is 5.10 Å². The minimum absolute atomic E-state index is 0.00193. The fourth-order valence-electron chi connectivity index (χ4n) is 3.33. The summed E-state index contributed by atoms with van der Waals surface area (Å²) in [7, 11) is 0. The van der Waals surface area contributed by atoms with Crippen LogP contribution in [0.25, 0.3) is 6.08 Å². The van der Waals surface area contributed by atoms with Crippen LogP contribution in [0.3, 0.4) is 0 Å². The predicted octanol–water partition coefficient (Wildman–Crippen LogP) is 2.58. The Hall–Kier alpha value is -2.40. The summed E-state index contributed by atoms with van der Waals surface area (Å²) >= 11 is 0. The highest BCUT2D eigenvalue weighted by molar-refractivity contribution is 5.92. The molecule has 0 bridgehead atoms. The molecule has 0 unspecified atom stereocenters. The highest BCUT2D eigenvalue weighted by atomic mass is 16.5. The summed E-state index contributed by atoms with van der Waals surface area (Å²) in [5.74, 6) is 0.423. The molecule has 24 heavy (non-hydrogen) atoms. The van der Waals surface area contributed by atoms with E-state index in [4.69, 9.17) is 4.74 Å². The number of aryl methyl sites for hydroxylation is 1. The van der Waals surface area contributed by atoms with Gasteiger partial charge in [-0.05, 0) is 36.1 Å². The zero-order chi connectivity index (χ0) is 16.5. The van der Waals surface area contributed by atoms with E-state index in [2.05, 4.69) is 40.5 Å². The molecule has 1 saturated heterocycles. The Morgan fingerprint density at radius 1 is 1.42 bits per heavy atom. The van der Waals surface area contributed by atoms with E-state index in [9.17, 15) is 4.79 Å². The van der Waals surface area contributed by atoms with Crippen molar-refractivity contribution in [2.45, 2.75) is 19.9 Å². The summed E-state index contributed by atoms with van der Waals surface area (Å²) in [5.41, 5.74) is 5.18. The maximum absolute atomic E-state index is 12.9. The van der Waals surface area contributed by atoms with Crippen molar-refractivity contribution in [2.75, 3.05) is 19.8 Å². The van der Waals surface area contributed by atoms with E-state index in [1.807, 2.05) is 17.9 Å². The van der Waals surface area contributed by atoms with Gasteiger partial charge in [0.2, 0.25) is 0 Å². The molecule has 1 aromatic heterocycles. The minimum Gasteiger partial charge on any atom is -0.381 e. The van der Waals surface area contributed by atoms with Gasteiger partial charge in [0.15, 0.2) is 0 Å². The topological polar surface area (TPSA) is 58.2 Å². The number of rotatable bonds is 5. The summed E-state index contributed by atoms with van der Waals surface area (Å²) in [6, 6.07) is 8.16. The Labute approximate surface area is 141 Å². The molecule has 2 heterocycles. The van der Waals surface area contributed by atoms with Gasteiger partial charge in [0.25, 0.3) is 5.91 Å². The molecule has 2 aromatic rings. The van der Waals surface area contributed by atoms with Gasteiger partial charge in [-0.15, -0.1) is 0 Å². The van der Waals surface area contributed by atoms with Crippen LogP contribution in [0.5, 0.6) is 0 Å². The summed E-state index contributed by atoms with van der Waals surface area (Å²) in [6.07, 6.45) is 5.33. The van der Waals surface area contributed by atoms with Crippen molar-refractivity contribution in [1.82, 2.24) is 15.1 Å². The second-order valence-electron chi connectivity index (χ2n) is 6.61. The fourth-order valence-corrected chi connectivity index (χ4v) is 3.33. The average Bonchev–Trinajstić information content (AvgIpc) is 3.17. The van der Waals surface area contributed by atoms with Crippen molar-refractivity contribution in [1.29, 1.82) is 0 Å². The Kier molecular flexibility index (Phi) is 3.94. The third kappa shape index (κ3) is 2.87. The molecule has 5 heteroatoms. The second kappa shape index (κ2) is 6.24. The molecule has 124 valence electrons. The average molecular weight is 323 g/mol. The van der Waals surface area contributed by atoms with Crippen LogP contribution in [0.1, 0.15) is 32.9 Å². The molecular weight excluding hydrogens is 302 g/mol. The van der Waals surface area contributed by atoms with E-state index in [1.165, 1.54) is 16.7 Å². The van der Waals surface area contributed by atoms with Gasteiger partial charge in [0.05, 0.1) is 18.9 Å². The maximum Gasteiger partial charge on any atom is 0.272 e. The first-order valence-corrected chi connectivity index (χ1v) is 8.37. The highest BCUT2D eigenvalue weighted by Crippen LogP contribution is 2.25. The Morgan fingerprint density at radius 2 is 2.29 bits per heavy atom. The number of allylic oxidation sites excluding steroid dienone is 1. The Balaban J connectivity index is 1.59. The van der Waals surface area contributed by atoms with Crippen LogP contribution in [-0.4, -0.2) is 40.8 Å². The number of nitrogens with one attached hydrogen (secondary N) is 1. The minimum atomic E-state index is 0.00193. The number of carbonyl (C=O) groups is 1. The molecule has 1 amide bonds. The quantitative estimate of drug-likeness (QED) is 0.920. The molecular formula is C19H21N3O2. The number of aromatic amines is 1. The van der Waals surface area contributed by atoms with Crippen LogP contribution >= 0.6 is 0 Å². The summed E-state index contributed by atoms with van der Waals surface area (Å²) < 4.78 is 5.28. The summed E-state index contributed by atoms with van der Waals surface area (Å²) in [5, 5.41) is 6.94. The molecule has 5 nitrogen and oxygen atoms in total. The molecule has 1 aliphatic heterocycles. The number of hydrogen-bond donors (Lipinski definition) is 1. The van der Waals surface area contributed by atoms with Gasteiger partial charge >= 0.3 is 0 Å². The molecule has 1 N–H and O–H groups in total. The molecule has 1 fully saturated rings. The first kappa shape index (κ1) is 15.1. The Bertz CT molecular complexity index is 790. The second-order valence-corrected chi connectivity index (χ2v) is 6.61.